The van der Waals surface area contributed by atoms with Crippen LogP contribution in [0.4, 0.5) is 15.8 Å². The predicted molar refractivity (Wildman–Crippen MR) is 125 cm³/mol. The molecule has 1 spiro atoms. The molecule has 0 radical (unpaired) electrons. The number of ether oxygens (including phenoxy) is 2. The lowest BCUT2D eigenvalue weighted by Gasteiger charge is -2.37. The third-order valence-electron chi connectivity index (χ3n) is 6.27. The molecule has 4 aromatic rings. The minimum atomic E-state index is -1.07. The lowest BCUT2D eigenvalue weighted by atomic mass is 9.77. The fraction of sp³-hybridized carbons (Fsp3) is 0.111. The molecule has 0 fully saturated rings. The molecule has 2 atom stereocenters. The average Bonchev–Trinajstić information content (AvgIpc) is 3.09. The van der Waals surface area contributed by atoms with Gasteiger partial charge in [-0.2, -0.15) is 0 Å². The fourth-order valence-corrected chi connectivity index (χ4v) is 4.94. The number of aryl methyl sites for hydroxylation is 1. The Morgan fingerprint density at radius 1 is 0.909 bits per heavy atom. The van der Waals surface area contributed by atoms with Crippen LogP contribution in [-0.4, -0.2) is 5.11 Å². The van der Waals surface area contributed by atoms with Crippen molar-refractivity contribution >= 4 is 23.0 Å². The van der Waals surface area contributed by atoms with Crippen molar-refractivity contribution in [3.63, 3.8) is 0 Å². The molecule has 0 aliphatic carbocycles. The molecule has 4 aromatic carbocycles. The summed E-state index contributed by atoms with van der Waals surface area (Å²) in [6, 6.07) is 23.4. The van der Waals surface area contributed by atoms with Crippen molar-refractivity contribution in [3.05, 3.63) is 118 Å². The highest BCUT2D eigenvalue weighted by Crippen LogP contribution is 2.58. The van der Waals surface area contributed by atoms with E-state index in [9.17, 15) is 9.50 Å². The topological polar surface area (TPSA) is 50.7 Å². The van der Waals surface area contributed by atoms with Crippen LogP contribution in [0.1, 0.15) is 34.1 Å². The Bertz CT molecular complexity index is 1420. The van der Waals surface area contributed by atoms with E-state index in [1.165, 1.54) is 12.1 Å². The maximum absolute atomic E-state index is 13.5. The van der Waals surface area contributed by atoms with Crippen LogP contribution in [0.2, 0.25) is 5.02 Å². The summed E-state index contributed by atoms with van der Waals surface area (Å²) >= 11 is 6.28. The molecule has 2 unspecified atom stereocenters. The van der Waals surface area contributed by atoms with Crippen molar-refractivity contribution in [1.82, 2.24) is 0 Å². The van der Waals surface area contributed by atoms with Gasteiger partial charge in [-0.15, -0.1) is 0 Å². The maximum atomic E-state index is 13.5. The molecule has 2 aliphatic rings. The Labute approximate surface area is 195 Å². The van der Waals surface area contributed by atoms with Gasteiger partial charge in [-0.25, -0.2) is 4.39 Å². The van der Waals surface area contributed by atoms with Crippen LogP contribution < -0.4 is 10.1 Å². The molecule has 33 heavy (non-hydrogen) atoms. The molecule has 0 amide bonds. The van der Waals surface area contributed by atoms with Crippen molar-refractivity contribution in [1.29, 1.82) is 0 Å². The number of halogens is 2. The summed E-state index contributed by atoms with van der Waals surface area (Å²) in [7, 11) is 0. The molecule has 164 valence electrons. The zero-order valence-corrected chi connectivity index (χ0v) is 18.4. The van der Waals surface area contributed by atoms with E-state index in [1.807, 2.05) is 55.5 Å². The average molecular weight is 460 g/mol. The summed E-state index contributed by atoms with van der Waals surface area (Å²) in [6.07, 6.45) is -1.07. The molecule has 2 aliphatic heterocycles. The minimum Gasteiger partial charge on any atom is -0.456 e. The number of aliphatic hydroxyl groups excluding tert-OH is 1. The van der Waals surface area contributed by atoms with E-state index < -0.39 is 11.9 Å². The third-order valence-corrected chi connectivity index (χ3v) is 6.50. The molecule has 6 heteroatoms. The summed E-state index contributed by atoms with van der Waals surface area (Å²) in [6.45, 7) is 1.85. The van der Waals surface area contributed by atoms with Crippen molar-refractivity contribution in [2.45, 2.75) is 18.8 Å². The van der Waals surface area contributed by atoms with Gasteiger partial charge in [0, 0.05) is 44.7 Å². The van der Waals surface area contributed by atoms with E-state index in [1.54, 1.807) is 18.2 Å². The van der Waals surface area contributed by atoms with Crippen LogP contribution in [0.15, 0.2) is 78.9 Å². The summed E-state index contributed by atoms with van der Waals surface area (Å²) in [4.78, 5) is 0. The van der Waals surface area contributed by atoms with E-state index in [0.717, 1.165) is 39.2 Å². The first-order valence-corrected chi connectivity index (χ1v) is 10.9. The number of anilines is 2. The van der Waals surface area contributed by atoms with Crippen LogP contribution in [0.25, 0.3) is 0 Å². The van der Waals surface area contributed by atoms with E-state index >= 15 is 0 Å². The lowest BCUT2D eigenvalue weighted by molar-refractivity contribution is -0.142. The predicted octanol–water partition coefficient (Wildman–Crippen LogP) is 6.95. The van der Waals surface area contributed by atoms with E-state index in [4.69, 9.17) is 21.1 Å². The van der Waals surface area contributed by atoms with E-state index in [-0.39, 0.29) is 5.82 Å². The monoisotopic (exact) mass is 459 g/mol. The van der Waals surface area contributed by atoms with Gasteiger partial charge in [-0.3, -0.25) is 0 Å². The van der Waals surface area contributed by atoms with Crippen molar-refractivity contribution in [3.8, 4) is 11.5 Å². The first-order chi connectivity index (χ1) is 16.0. The highest BCUT2D eigenvalue weighted by atomic mass is 35.5. The summed E-state index contributed by atoms with van der Waals surface area (Å²) in [5.41, 5.74) is 4.46. The molecule has 0 bridgehead atoms. The molecule has 2 N–H and O–H groups in total. The molecule has 0 saturated carbocycles. The number of benzene rings is 4. The second-order valence-electron chi connectivity index (χ2n) is 8.28. The second kappa shape index (κ2) is 7.32. The number of hydrogen-bond donors (Lipinski definition) is 2. The molecule has 0 saturated heterocycles. The minimum absolute atomic E-state index is 0.280. The number of nitrogens with one attached hydrogen (secondary N) is 1. The SMILES string of the molecule is Cc1cc(F)ccc1Nc1ccc2c(c1)Oc1cc(Cl)ccc1C21OC(O)c2ccccc21. The van der Waals surface area contributed by atoms with Gasteiger partial charge < -0.3 is 19.9 Å². The van der Waals surface area contributed by atoms with E-state index in [2.05, 4.69) is 5.32 Å². The quantitative estimate of drug-likeness (QED) is 0.340. The number of hydrogen-bond acceptors (Lipinski definition) is 4. The lowest BCUT2D eigenvalue weighted by Crippen LogP contribution is -2.32. The van der Waals surface area contributed by atoms with Gasteiger partial charge in [0.2, 0.25) is 0 Å². The Hall–Kier alpha value is -3.38. The molecule has 2 heterocycles. The van der Waals surface area contributed by atoms with Crippen LogP contribution in [0.3, 0.4) is 0 Å². The van der Waals surface area contributed by atoms with Crippen molar-refractivity contribution in [2.75, 3.05) is 5.32 Å². The normalized spacial score (nSPS) is 20.1. The zero-order chi connectivity index (χ0) is 22.7. The summed E-state index contributed by atoms with van der Waals surface area (Å²) < 4.78 is 26.1. The first kappa shape index (κ1) is 20.2. The molecule has 6 rings (SSSR count). The Kier molecular flexibility index (Phi) is 4.49. The van der Waals surface area contributed by atoms with Crippen molar-refractivity contribution < 1.29 is 19.0 Å². The van der Waals surface area contributed by atoms with Gasteiger partial charge in [-0.1, -0.05) is 41.9 Å². The van der Waals surface area contributed by atoms with Gasteiger partial charge in [0.1, 0.15) is 17.3 Å². The third kappa shape index (κ3) is 3.04. The van der Waals surface area contributed by atoms with Crippen LogP contribution in [0.5, 0.6) is 11.5 Å². The summed E-state index contributed by atoms with van der Waals surface area (Å²) in [5.74, 6) is 0.866. The van der Waals surface area contributed by atoms with Crippen LogP contribution >= 0.6 is 11.6 Å². The molecular formula is C27H19ClFNO3. The number of rotatable bonds is 2. The Morgan fingerprint density at radius 2 is 1.67 bits per heavy atom. The number of aliphatic hydroxyl groups is 1. The standard InChI is InChI=1S/C27H19ClFNO3/c1-15-12-17(29)7-11-23(15)30-18-8-10-22-25(14-18)32-24-13-16(28)6-9-21(24)27(22)20-5-3-2-4-19(20)26(31)33-27/h2-14,26,30-31H,1H3. The zero-order valence-electron chi connectivity index (χ0n) is 17.6. The Balaban J connectivity index is 1.53. The molecule has 0 aromatic heterocycles. The summed E-state index contributed by atoms with van der Waals surface area (Å²) in [5, 5.41) is 14.6. The number of fused-ring (bicyclic) bond motifs is 6. The van der Waals surface area contributed by atoms with Gasteiger partial charge in [0.05, 0.1) is 0 Å². The first-order valence-electron chi connectivity index (χ1n) is 10.6. The van der Waals surface area contributed by atoms with Gasteiger partial charge in [-0.05, 0) is 55.0 Å². The van der Waals surface area contributed by atoms with Crippen molar-refractivity contribution in [2.24, 2.45) is 0 Å². The maximum Gasteiger partial charge on any atom is 0.183 e. The highest BCUT2D eigenvalue weighted by molar-refractivity contribution is 6.30. The molecule has 4 nitrogen and oxygen atoms in total. The fourth-order valence-electron chi connectivity index (χ4n) is 4.78. The van der Waals surface area contributed by atoms with Gasteiger partial charge in [0.15, 0.2) is 11.9 Å². The largest absolute Gasteiger partial charge is 0.456 e. The highest BCUT2D eigenvalue weighted by Gasteiger charge is 2.52. The smallest absolute Gasteiger partial charge is 0.183 e. The second-order valence-corrected chi connectivity index (χ2v) is 8.71. The Morgan fingerprint density at radius 3 is 2.48 bits per heavy atom. The van der Waals surface area contributed by atoms with E-state index in [0.29, 0.717) is 16.5 Å². The molecular weight excluding hydrogens is 441 g/mol. The van der Waals surface area contributed by atoms with Gasteiger partial charge >= 0.3 is 0 Å². The van der Waals surface area contributed by atoms with Crippen LogP contribution in [-0.2, 0) is 10.3 Å². The van der Waals surface area contributed by atoms with Gasteiger partial charge in [0.25, 0.3) is 0 Å². The van der Waals surface area contributed by atoms with Crippen LogP contribution in [0, 0.1) is 12.7 Å².